The van der Waals surface area contributed by atoms with Crippen molar-refractivity contribution in [3.05, 3.63) is 70.8 Å². The van der Waals surface area contributed by atoms with Gasteiger partial charge in [-0.3, -0.25) is 9.59 Å². The van der Waals surface area contributed by atoms with Crippen LogP contribution in [0.5, 0.6) is 11.5 Å². The normalized spacial score (nSPS) is 8.06. The molecule has 0 fully saturated rings. The Kier molecular flexibility index (Phi) is 45.0. The first-order valence-corrected chi connectivity index (χ1v) is 7.86. The molecule has 2 aromatic rings. The second-order valence-electron chi connectivity index (χ2n) is 5.87. The maximum absolute atomic E-state index is 11.9. The summed E-state index contributed by atoms with van der Waals surface area (Å²) in [6.45, 7) is 3.54. The van der Waals surface area contributed by atoms with Crippen molar-refractivity contribution in [1.29, 1.82) is 0 Å². The molecule has 35 heavy (non-hydrogen) atoms. The zero-order valence-corrected chi connectivity index (χ0v) is 14.2. The lowest BCUT2D eigenvalue weighted by atomic mass is 10.1. The molecular weight excluding hydrogens is 436 g/mol. The van der Waals surface area contributed by atoms with Crippen molar-refractivity contribution < 1.29 is 19.8 Å². The van der Waals surface area contributed by atoms with Crippen LogP contribution in [0.3, 0.4) is 0 Å². The van der Waals surface area contributed by atoms with E-state index in [1.54, 1.807) is 62.4 Å². The molecule has 2 aromatic carbocycles. The monoisotopic (exact) mass is 496 g/mol. The van der Waals surface area contributed by atoms with Crippen LogP contribution in [-0.2, 0) is 9.59 Å². The first-order chi connectivity index (χ1) is 11.8. The fourth-order valence-corrected chi connectivity index (χ4v) is 2.23. The Bertz CT molecular complexity index is 791. The zero-order valence-electron chi connectivity index (χ0n) is 14.2. The van der Waals surface area contributed by atoms with Gasteiger partial charge in [0.05, 0.1) is 6.42 Å². The van der Waals surface area contributed by atoms with Gasteiger partial charge in [0, 0.05) is 0 Å². The van der Waals surface area contributed by atoms with Gasteiger partial charge in [0.2, 0.25) is 0 Å². The van der Waals surface area contributed by atoms with E-state index in [2.05, 4.69) is 0 Å². The van der Waals surface area contributed by atoms with E-state index >= 15 is 0 Å². The summed E-state index contributed by atoms with van der Waals surface area (Å²) in [5.74, 6) is -0.175. The fourth-order valence-electron chi connectivity index (χ4n) is 2.23. The minimum atomic E-state index is -0.290. The Hall–Kier alpha value is -3.14. The third-order valence-corrected chi connectivity index (χ3v) is 3.71. The molecule has 4 nitrogen and oxygen atoms in total. The number of phenols is 2. The van der Waals surface area contributed by atoms with E-state index in [9.17, 15) is 19.8 Å². The summed E-state index contributed by atoms with van der Waals surface area (Å²) in [6.07, 6.45) is 5.76. The number of benzene rings is 2. The van der Waals surface area contributed by atoms with Crippen LogP contribution in [0.4, 0.5) is 0 Å². The molecule has 0 bridgehead atoms. The molecule has 0 aliphatic heterocycles. The van der Waals surface area contributed by atoms with Crippen LogP contribution in [0.25, 0.3) is 12.2 Å². The fraction of sp³-hybridized carbons (Fsp3) is 0.419. The third-order valence-electron chi connectivity index (χ3n) is 3.71. The van der Waals surface area contributed by atoms with Crippen LogP contribution < -0.4 is 0 Å². The molecule has 0 radical (unpaired) electrons. The van der Waals surface area contributed by atoms with Gasteiger partial charge in [-0.25, -0.2) is 0 Å². The molecule has 0 amide bonds. The van der Waals surface area contributed by atoms with Crippen LogP contribution in [0.15, 0.2) is 48.6 Å². The van der Waals surface area contributed by atoms with Crippen molar-refractivity contribution in [2.75, 3.05) is 0 Å². The number of aromatic hydroxyl groups is 2. The maximum atomic E-state index is 11.9. The Morgan fingerprint density at radius 3 is 1.14 bits per heavy atom. The topological polar surface area (TPSA) is 74.6 Å². The molecular formula is C31H60O4. The van der Waals surface area contributed by atoms with Gasteiger partial charge in [0.25, 0.3) is 0 Å². The van der Waals surface area contributed by atoms with E-state index in [0.29, 0.717) is 0 Å². The summed E-state index contributed by atoms with van der Waals surface area (Å²) >= 11 is 0. The quantitative estimate of drug-likeness (QED) is 0.308. The van der Waals surface area contributed by atoms with Gasteiger partial charge in [-0.15, -0.1) is 0 Å². The van der Waals surface area contributed by atoms with Gasteiger partial charge >= 0.3 is 0 Å². The molecule has 0 atom stereocenters. The Morgan fingerprint density at radius 2 is 0.886 bits per heavy atom. The van der Waals surface area contributed by atoms with E-state index in [-0.39, 0.29) is 104 Å². The minimum Gasteiger partial charge on any atom is -0.508 e. The highest BCUT2D eigenvalue weighted by molar-refractivity contribution is 6.10. The summed E-state index contributed by atoms with van der Waals surface area (Å²) in [4.78, 5) is 23.7. The highest BCUT2D eigenvalue weighted by atomic mass is 16.3. The molecule has 4 heteroatoms. The van der Waals surface area contributed by atoms with Crippen molar-refractivity contribution in [2.24, 2.45) is 0 Å². The van der Waals surface area contributed by atoms with E-state index in [0.717, 1.165) is 22.3 Å². The third kappa shape index (κ3) is 18.9. The summed E-state index contributed by atoms with van der Waals surface area (Å²) in [6, 6.07) is 10.0. The van der Waals surface area contributed by atoms with Gasteiger partial charge in [0.1, 0.15) is 11.5 Å². The molecule has 2 rings (SSSR count). The maximum Gasteiger partial charge on any atom is 0.163 e. The SMILES string of the molecule is C.C.C.C.C.C.C.C.C.C.Cc1cc(/C=C/C(=O)CC(=O)/C=C/c2ccc(O)c(C)c2)ccc1O. The average Bonchev–Trinajstić information content (AvgIpc) is 2.57. The molecule has 0 spiro atoms. The van der Waals surface area contributed by atoms with Gasteiger partial charge in [0.15, 0.2) is 11.6 Å². The zero-order chi connectivity index (χ0) is 18.4. The number of hydrogen-bond donors (Lipinski definition) is 2. The highest BCUT2D eigenvalue weighted by Crippen LogP contribution is 2.18. The first kappa shape index (κ1) is 58.1. The number of allylic oxidation sites excluding steroid dienone is 2. The Balaban J connectivity index is -0.0000000966. The lowest BCUT2D eigenvalue weighted by Crippen LogP contribution is -2.01. The standard InChI is InChI=1S/C21H20O4.10CH4/c1-14-11-16(5-9-20(14)24)3-7-18(22)13-19(23)8-4-17-6-10-21(25)15(2)12-17;;;;;;;;;;/h3-12,24-25H,13H2,1-2H3;10*1H4/b7-3+,8-4+;;;;;;;;;;. The van der Waals surface area contributed by atoms with Crippen molar-refractivity contribution in [2.45, 2.75) is 94.5 Å². The second kappa shape index (κ2) is 27.1. The lowest BCUT2D eigenvalue weighted by molar-refractivity contribution is -0.121. The average molecular weight is 497 g/mol. The molecule has 0 unspecified atom stereocenters. The number of hydrogen-bond acceptors (Lipinski definition) is 4. The molecule has 208 valence electrons. The van der Waals surface area contributed by atoms with Crippen molar-refractivity contribution in [3.63, 3.8) is 0 Å². The summed E-state index contributed by atoms with van der Waals surface area (Å²) in [5.41, 5.74) is 3.01. The van der Waals surface area contributed by atoms with E-state index in [1.807, 2.05) is 0 Å². The number of aryl methyl sites for hydroxylation is 2. The molecule has 2 N–H and O–H groups in total. The molecule has 0 saturated carbocycles. The number of phenolic OH excluding ortho intramolecular Hbond substituents is 2. The number of carbonyl (C=O) groups excluding carboxylic acids is 2. The lowest BCUT2D eigenvalue weighted by Gasteiger charge is -2.00. The molecule has 0 heterocycles. The van der Waals surface area contributed by atoms with Crippen molar-refractivity contribution in [1.82, 2.24) is 0 Å². The summed E-state index contributed by atoms with van der Waals surface area (Å²) in [5, 5.41) is 18.9. The number of ketones is 2. The van der Waals surface area contributed by atoms with Crippen LogP contribution in [0.2, 0.25) is 0 Å². The molecule has 0 aliphatic rings. The summed E-state index contributed by atoms with van der Waals surface area (Å²) < 4.78 is 0. The van der Waals surface area contributed by atoms with Crippen molar-refractivity contribution in [3.8, 4) is 11.5 Å². The Labute approximate surface area is 220 Å². The van der Waals surface area contributed by atoms with E-state index in [1.165, 1.54) is 12.2 Å². The van der Waals surface area contributed by atoms with Crippen LogP contribution in [-0.4, -0.2) is 21.8 Å². The van der Waals surface area contributed by atoms with Crippen molar-refractivity contribution >= 4 is 23.7 Å². The number of rotatable bonds is 6. The van der Waals surface area contributed by atoms with Crippen LogP contribution in [0.1, 0.15) is 103 Å². The van der Waals surface area contributed by atoms with Crippen LogP contribution >= 0.6 is 0 Å². The highest BCUT2D eigenvalue weighted by Gasteiger charge is 2.04. The molecule has 0 saturated heterocycles. The van der Waals surface area contributed by atoms with Gasteiger partial charge in [-0.05, 0) is 72.5 Å². The largest absolute Gasteiger partial charge is 0.508 e. The van der Waals surface area contributed by atoms with E-state index < -0.39 is 0 Å². The number of carbonyl (C=O) groups is 2. The molecule has 0 aliphatic carbocycles. The molecule has 0 aromatic heterocycles. The Morgan fingerprint density at radius 1 is 0.600 bits per heavy atom. The second-order valence-corrected chi connectivity index (χ2v) is 5.87. The first-order valence-electron chi connectivity index (χ1n) is 7.86. The predicted octanol–water partition coefficient (Wildman–Crippen LogP) is 10.3. The van der Waals surface area contributed by atoms with Gasteiger partial charge in [-0.2, -0.15) is 0 Å². The van der Waals surface area contributed by atoms with E-state index in [4.69, 9.17) is 0 Å². The minimum absolute atomic E-state index is 0. The van der Waals surface area contributed by atoms with Gasteiger partial charge < -0.3 is 10.2 Å². The van der Waals surface area contributed by atoms with Gasteiger partial charge in [-0.1, -0.05) is 98.6 Å². The van der Waals surface area contributed by atoms with Crippen LogP contribution in [0, 0.1) is 13.8 Å². The summed E-state index contributed by atoms with van der Waals surface area (Å²) in [7, 11) is 0. The smallest absolute Gasteiger partial charge is 0.163 e. The predicted molar refractivity (Wildman–Crippen MR) is 166 cm³/mol.